The van der Waals surface area contributed by atoms with Crippen LogP contribution in [0.25, 0.3) is 11.4 Å². The van der Waals surface area contributed by atoms with Gasteiger partial charge in [-0.25, -0.2) is 23.1 Å². The van der Waals surface area contributed by atoms with Crippen molar-refractivity contribution in [2.24, 2.45) is 0 Å². The first-order valence-corrected chi connectivity index (χ1v) is 10.2. The molecule has 28 heavy (non-hydrogen) atoms. The first-order chi connectivity index (χ1) is 13.4. The third kappa shape index (κ3) is 5.21. The number of aromatic nitrogens is 2. The van der Waals surface area contributed by atoms with Crippen molar-refractivity contribution < 1.29 is 13.2 Å². The molecule has 3 aromatic rings. The van der Waals surface area contributed by atoms with Crippen LogP contribution in [0.5, 0.6) is 0 Å². The van der Waals surface area contributed by atoms with E-state index in [0.717, 1.165) is 11.1 Å². The predicted octanol–water partition coefficient (Wildman–Crippen LogP) is 2.62. The molecule has 0 saturated carbocycles. The summed E-state index contributed by atoms with van der Waals surface area (Å²) in [4.78, 5) is 19.8. The van der Waals surface area contributed by atoms with E-state index < -0.39 is 10.0 Å². The second-order valence-electron chi connectivity index (χ2n) is 6.13. The van der Waals surface area contributed by atoms with Crippen molar-refractivity contribution in [2.75, 3.05) is 11.9 Å². The SMILES string of the molecule is CC(=O)Nc1ccc(S(=O)(=O)NCCc2cnc(-c3ccccc3)nc2)cc1. The largest absolute Gasteiger partial charge is 0.326 e. The van der Waals surface area contributed by atoms with Gasteiger partial charge < -0.3 is 5.32 Å². The van der Waals surface area contributed by atoms with E-state index in [2.05, 4.69) is 20.0 Å². The van der Waals surface area contributed by atoms with Crippen LogP contribution in [0.3, 0.4) is 0 Å². The zero-order chi connectivity index (χ0) is 20.0. The second-order valence-corrected chi connectivity index (χ2v) is 7.90. The fourth-order valence-electron chi connectivity index (χ4n) is 2.55. The molecule has 1 heterocycles. The van der Waals surface area contributed by atoms with Crippen LogP contribution in [0, 0.1) is 0 Å². The van der Waals surface area contributed by atoms with E-state index in [9.17, 15) is 13.2 Å². The number of hydrogen-bond donors (Lipinski definition) is 2. The molecule has 0 atom stereocenters. The summed E-state index contributed by atoms with van der Waals surface area (Å²) in [6.07, 6.45) is 3.87. The fraction of sp³-hybridized carbons (Fsp3) is 0.150. The van der Waals surface area contributed by atoms with Gasteiger partial charge in [-0.1, -0.05) is 30.3 Å². The van der Waals surface area contributed by atoms with Crippen molar-refractivity contribution in [1.29, 1.82) is 0 Å². The summed E-state index contributed by atoms with van der Waals surface area (Å²) in [7, 11) is -3.63. The number of carbonyl (C=O) groups excluding carboxylic acids is 1. The van der Waals surface area contributed by atoms with E-state index in [4.69, 9.17) is 0 Å². The molecule has 2 aromatic carbocycles. The average Bonchev–Trinajstić information content (AvgIpc) is 2.69. The Morgan fingerprint density at radius 3 is 2.21 bits per heavy atom. The quantitative estimate of drug-likeness (QED) is 0.639. The van der Waals surface area contributed by atoms with Crippen molar-refractivity contribution in [1.82, 2.24) is 14.7 Å². The normalized spacial score (nSPS) is 11.2. The summed E-state index contributed by atoms with van der Waals surface area (Å²) >= 11 is 0. The topological polar surface area (TPSA) is 101 Å². The van der Waals surface area contributed by atoms with Crippen LogP contribution in [0.15, 0.2) is 71.9 Å². The van der Waals surface area contributed by atoms with Crippen LogP contribution in [-0.2, 0) is 21.2 Å². The molecule has 0 aliphatic heterocycles. The maximum Gasteiger partial charge on any atom is 0.240 e. The molecule has 2 N–H and O–H groups in total. The number of anilines is 1. The maximum atomic E-state index is 12.4. The molecule has 0 aliphatic carbocycles. The van der Waals surface area contributed by atoms with Crippen LogP contribution in [0.2, 0.25) is 0 Å². The highest BCUT2D eigenvalue weighted by Gasteiger charge is 2.13. The zero-order valence-electron chi connectivity index (χ0n) is 15.3. The molecule has 3 rings (SSSR count). The number of sulfonamides is 1. The van der Waals surface area contributed by atoms with Gasteiger partial charge in [-0.15, -0.1) is 0 Å². The van der Waals surface area contributed by atoms with Gasteiger partial charge in [0.15, 0.2) is 5.82 Å². The Morgan fingerprint density at radius 2 is 1.61 bits per heavy atom. The molecule has 0 unspecified atom stereocenters. The highest BCUT2D eigenvalue weighted by Crippen LogP contribution is 2.15. The monoisotopic (exact) mass is 396 g/mol. The third-order valence-electron chi connectivity index (χ3n) is 3.93. The lowest BCUT2D eigenvalue weighted by molar-refractivity contribution is -0.114. The molecule has 8 heteroatoms. The lowest BCUT2D eigenvalue weighted by Crippen LogP contribution is -2.26. The number of hydrogen-bond acceptors (Lipinski definition) is 5. The van der Waals surface area contributed by atoms with Gasteiger partial charge in [0.1, 0.15) is 0 Å². The average molecular weight is 396 g/mol. The van der Waals surface area contributed by atoms with E-state index in [1.54, 1.807) is 24.5 Å². The van der Waals surface area contributed by atoms with E-state index >= 15 is 0 Å². The third-order valence-corrected chi connectivity index (χ3v) is 5.40. The lowest BCUT2D eigenvalue weighted by Gasteiger charge is -2.08. The minimum atomic E-state index is -3.63. The zero-order valence-corrected chi connectivity index (χ0v) is 16.1. The summed E-state index contributed by atoms with van der Waals surface area (Å²) in [5.41, 5.74) is 2.31. The van der Waals surface area contributed by atoms with Gasteiger partial charge >= 0.3 is 0 Å². The summed E-state index contributed by atoms with van der Waals surface area (Å²) < 4.78 is 27.3. The number of rotatable bonds is 7. The van der Waals surface area contributed by atoms with Crippen molar-refractivity contribution in [2.45, 2.75) is 18.2 Å². The highest BCUT2D eigenvalue weighted by molar-refractivity contribution is 7.89. The van der Waals surface area contributed by atoms with E-state index in [1.807, 2.05) is 30.3 Å². The Morgan fingerprint density at radius 1 is 0.964 bits per heavy atom. The highest BCUT2D eigenvalue weighted by atomic mass is 32.2. The van der Waals surface area contributed by atoms with Gasteiger partial charge in [0.2, 0.25) is 15.9 Å². The van der Waals surface area contributed by atoms with Crippen molar-refractivity contribution in [3.8, 4) is 11.4 Å². The molecular weight excluding hydrogens is 376 g/mol. The van der Waals surface area contributed by atoms with Gasteiger partial charge in [-0.05, 0) is 36.2 Å². The Bertz CT molecular complexity index is 1040. The van der Waals surface area contributed by atoms with Crippen molar-refractivity contribution >= 4 is 21.6 Å². The van der Waals surface area contributed by atoms with Gasteiger partial charge in [0.25, 0.3) is 0 Å². The Hall–Kier alpha value is -3.10. The van der Waals surface area contributed by atoms with Gasteiger partial charge in [0.05, 0.1) is 4.90 Å². The predicted molar refractivity (Wildman–Crippen MR) is 107 cm³/mol. The molecule has 0 bridgehead atoms. The summed E-state index contributed by atoms with van der Waals surface area (Å²) in [6.45, 7) is 1.62. The van der Waals surface area contributed by atoms with Crippen LogP contribution in [0.4, 0.5) is 5.69 Å². The van der Waals surface area contributed by atoms with Crippen LogP contribution < -0.4 is 10.0 Å². The van der Waals surface area contributed by atoms with E-state index in [1.165, 1.54) is 19.1 Å². The first kappa shape index (κ1) is 19.7. The smallest absolute Gasteiger partial charge is 0.240 e. The summed E-state index contributed by atoms with van der Waals surface area (Å²) in [5, 5.41) is 2.60. The Labute approximate surface area is 163 Å². The van der Waals surface area contributed by atoms with Crippen LogP contribution in [-0.4, -0.2) is 30.8 Å². The molecule has 7 nitrogen and oxygen atoms in total. The molecular formula is C20H20N4O3S. The molecule has 0 spiro atoms. The Balaban J connectivity index is 1.57. The van der Waals surface area contributed by atoms with Crippen molar-refractivity contribution in [3.63, 3.8) is 0 Å². The summed E-state index contributed by atoms with van der Waals surface area (Å²) in [5.74, 6) is 0.415. The van der Waals surface area contributed by atoms with Gasteiger partial charge in [0, 0.05) is 37.1 Å². The number of amides is 1. The van der Waals surface area contributed by atoms with Crippen LogP contribution in [0.1, 0.15) is 12.5 Å². The fourth-order valence-corrected chi connectivity index (χ4v) is 3.59. The van der Waals surface area contributed by atoms with Crippen molar-refractivity contribution in [3.05, 3.63) is 72.6 Å². The Kier molecular flexibility index (Phi) is 6.13. The standard InChI is InChI=1S/C20H20N4O3S/c1-15(25)24-18-7-9-19(10-8-18)28(26,27)23-12-11-16-13-21-20(22-14-16)17-5-3-2-4-6-17/h2-10,13-14,23H,11-12H2,1H3,(H,24,25). The van der Waals surface area contributed by atoms with Gasteiger partial charge in [-0.3, -0.25) is 4.79 Å². The molecule has 0 aliphatic rings. The minimum Gasteiger partial charge on any atom is -0.326 e. The molecule has 1 aromatic heterocycles. The molecule has 144 valence electrons. The molecule has 0 saturated heterocycles. The van der Waals surface area contributed by atoms with Crippen LogP contribution >= 0.6 is 0 Å². The number of nitrogens with one attached hydrogen (secondary N) is 2. The second kappa shape index (κ2) is 8.73. The molecule has 0 radical (unpaired) electrons. The lowest BCUT2D eigenvalue weighted by atomic mass is 10.2. The number of carbonyl (C=O) groups is 1. The number of nitrogens with zero attached hydrogens (tertiary/aromatic N) is 2. The van der Waals surface area contributed by atoms with Gasteiger partial charge in [-0.2, -0.15) is 0 Å². The van der Waals surface area contributed by atoms with E-state index in [0.29, 0.717) is 17.9 Å². The first-order valence-electron chi connectivity index (χ1n) is 8.68. The summed E-state index contributed by atoms with van der Waals surface area (Å²) in [6, 6.07) is 15.6. The minimum absolute atomic E-state index is 0.136. The molecule has 1 amide bonds. The van der Waals surface area contributed by atoms with E-state index in [-0.39, 0.29) is 17.3 Å². The maximum absolute atomic E-state index is 12.4. The molecule has 0 fully saturated rings. The number of benzene rings is 2.